The zero-order valence-corrected chi connectivity index (χ0v) is 9.80. The molecular weight excluding hydrogens is 220 g/mol. The smallest absolute Gasteiger partial charge is 0.223 e. The number of piperidine rings is 1. The molecule has 1 aliphatic rings. The number of hydrazine groups is 1. The minimum Gasteiger partial charge on any atom is -0.391 e. The molecule has 0 spiro atoms. The Morgan fingerprint density at radius 2 is 2.29 bits per heavy atom. The van der Waals surface area contributed by atoms with Gasteiger partial charge in [0.2, 0.25) is 5.95 Å². The number of rotatable bonds is 2. The highest BCUT2D eigenvalue weighted by molar-refractivity contribution is 5.52. The van der Waals surface area contributed by atoms with Crippen LogP contribution in [0.1, 0.15) is 13.3 Å². The van der Waals surface area contributed by atoms with Gasteiger partial charge in [0.1, 0.15) is 11.6 Å². The Hall–Kier alpha value is -1.60. The predicted molar refractivity (Wildman–Crippen MR) is 66.3 cm³/mol. The quantitative estimate of drug-likeness (QED) is 0.407. The van der Waals surface area contributed by atoms with Gasteiger partial charge in [0.15, 0.2) is 0 Å². The topological polar surface area (TPSA) is 113 Å². The van der Waals surface area contributed by atoms with Crippen molar-refractivity contribution in [2.24, 2.45) is 11.8 Å². The second-order valence-corrected chi connectivity index (χ2v) is 4.39. The van der Waals surface area contributed by atoms with Crippen LogP contribution in [0.5, 0.6) is 0 Å². The largest absolute Gasteiger partial charge is 0.391 e. The molecule has 0 aliphatic carbocycles. The van der Waals surface area contributed by atoms with Gasteiger partial charge in [-0.25, -0.2) is 5.84 Å². The van der Waals surface area contributed by atoms with E-state index in [-0.39, 0.29) is 12.1 Å². The first-order valence-corrected chi connectivity index (χ1v) is 5.64. The highest BCUT2D eigenvalue weighted by Gasteiger charge is 2.25. The third-order valence-corrected chi connectivity index (χ3v) is 3.12. The van der Waals surface area contributed by atoms with E-state index in [2.05, 4.69) is 15.4 Å². The van der Waals surface area contributed by atoms with Crippen molar-refractivity contribution in [2.45, 2.75) is 19.4 Å². The van der Waals surface area contributed by atoms with E-state index in [1.807, 2.05) is 11.8 Å². The lowest BCUT2D eigenvalue weighted by molar-refractivity contribution is 0.102. The maximum atomic E-state index is 9.85. The molecule has 2 rings (SSSR count). The summed E-state index contributed by atoms with van der Waals surface area (Å²) < 4.78 is 0. The average molecular weight is 238 g/mol. The van der Waals surface area contributed by atoms with Crippen molar-refractivity contribution in [1.82, 2.24) is 9.97 Å². The lowest BCUT2D eigenvalue weighted by Crippen LogP contribution is -2.43. The number of nitrogens with one attached hydrogen (secondary N) is 1. The number of hydrogen-bond donors (Lipinski definition) is 4. The van der Waals surface area contributed by atoms with Crippen LogP contribution in [0, 0.1) is 5.92 Å². The third-order valence-electron chi connectivity index (χ3n) is 3.12. The van der Waals surface area contributed by atoms with Crippen molar-refractivity contribution in [2.75, 3.05) is 29.1 Å². The Morgan fingerprint density at radius 1 is 1.53 bits per heavy atom. The third kappa shape index (κ3) is 2.56. The van der Waals surface area contributed by atoms with Crippen molar-refractivity contribution in [3.8, 4) is 0 Å². The van der Waals surface area contributed by atoms with Gasteiger partial charge in [0.25, 0.3) is 0 Å². The Bertz CT molecular complexity index is 398. The molecule has 1 fully saturated rings. The van der Waals surface area contributed by atoms with Gasteiger partial charge < -0.3 is 21.2 Å². The van der Waals surface area contributed by atoms with Gasteiger partial charge in [-0.05, 0) is 12.3 Å². The van der Waals surface area contributed by atoms with E-state index in [1.165, 1.54) is 0 Å². The molecule has 6 N–H and O–H groups in total. The van der Waals surface area contributed by atoms with E-state index in [1.54, 1.807) is 6.07 Å². The summed E-state index contributed by atoms with van der Waals surface area (Å²) in [5.41, 5.74) is 8.04. The Labute approximate surface area is 99.8 Å². The predicted octanol–water partition coefficient (Wildman–Crippen LogP) is -0.448. The molecule has 0 bridgehead atoms. The second kappa shape index (κ2) is 4.72. The molecule has 0 amide bonds. The molecule has 2 atom stereocenters. The number of aromatic nitrogens is 2. The first-order valence-electron chi connectivity index (χ1n) is 5.64. The summed E-state index contributed by atoms with van der Waals surface area (Å²) in [7, 11) is 0. The minimum atomic E-state index is -0.339. The fourth-order valence-electron chi connectivity index (χ4n) is 1.95. The standard InChI is InChI=1S/C10H18N6O/c1-6-2-3-16(5-7(6)17)9-4-8(15-12)13-10(11)14-9/h4,6-7,17H,2-3,5,12H2,1H3,(H3,11,13,14,15). The number of nitrogens with two attached hydrogens (primary N) is 2. The van der Waals surface area contributed by atoms with Crippen LogP contribution in [0.25, 0.3) is 0 Å². The zero-order chi connectivity index (χ0) is 12.4. The number of hydrogen-bond acceptors (Lipinski definition) is 7. The number of β-amino-alcohol motifs (C(OH)–C–C–N with tert-alkyl or cyclic N) is 1. The zero-order valence-electron chi connectivity index (χ0n) is 9.80. The van der Waals surface area contributed by atoms with Gasteiger partial charge in [-0.2, -0.15) is 9.97 Å². The van der Waals surface area contributed by atoms with Crippen LogP contribution in [-0.4, -0.2) is 34.3 Å². The van der Waals surface area contributed by atoms with Crippen LogP contribution < -0.4 is 21.9 Å². The summed E-state index contributed by atoms with van der Waals surface area (Å²) in [6.07, 6.45) is 0.588. The van der Waals surface area contributed by atoms with E-state index in [9.17, 15) is 5.11 Å². The van der Waals surface area contributed by atoms with Gasteiger partial charge in [0.05, 0.1) is 6.10 Å². The molecule has 17 heavy (non-hydrogen) atoms. The summed E-state index contributed by atoms with van der Waals surface area (Å²) in [6, 6.07) is 1.72. The molecule has 0 saturated carbocycles. The van der Waals surface area contributed by atoms with E-state index >= 15 is 0 Å². The van der Waals surface area contributed by atoms with Crippen molar-refractivity contribution >= 4 is 17.6 Å². The van der Waals surface area contributed by atoms with Crippen LogP contribution in [0.2, 0.25) is 0 Å². The van der Waals surface area contributed by atoms with Gasteiger partial charge in [-0.1, -0.05) is 6.92 Å². The first-order chi connectivity index (χ1) is 8.10. The Balaban J connectivity index is 2.19. The van der Waals surface area contributed by atoms with Crippen molar-refractivity contribution in [1.29, 1.82) is 0 Å². The van der Waals surface area contributed by atoms with Crippen LogP contribution in [-0.2, 0) is 0 Å². The molecule has 7 heteroatoms. The van der Waals surface area contributed by atoms with Gasteiger partial charge in [-0.3, -0.25) is 0 Å². The molecule has 0 aromatic carbocycles. The summed E-state index contributed by atoms with van der Waals surface area (Å²) in [5.74, 6) is 6.95. The van der Waals surface area contributed by atoms with Crippen LogP contribution >= 0.6 is 0 Å². The molecule has 7 nitrogen and oxygen atoms in total. The van der Waals surface area contributed by atoms with E-state index in [0.717, 1.165) is 13.0 Å². The van der Waals surface area contributed by atoms with Crippen molar-refractivity contribution < 1.29 is 5.11 Å². The van der Waals surface area contributed by atoms with Crippen molar-refractivity contribution in [3.63, 3.8) is 0 Å². The normalized spacial score (nSPS) is 24.8. The molecule has 1 aromatic rings. The van der Waals surface area contributed by atoms with E-state index in [0.29, 0.717) is 24.1 Å². The fourth-order valence-corrected chi connectivity index (χ4v) is 1.95. The van der Waals surface area contributed by atoms with E-state index < -0.39 is 0 Å². The highest BCUT2D eigenvalue weighted by atomic mass is 16.3. The number of nitrogens with zero attached hydrogens (tertiary/aromatic N) is 3. The number of aliphatic hydroxyl groups excluding tert-OH is 1. The SMILES string of the molecule is CC1CCN(c2cc(NN)nc(N)n2)CC1O. The molecule has 94 valence electrons. The Morgan fingerprint density at radius 3 is 2.94 bits per heavy atom. The molecule has 0 radical (unpaired) electrons. The molecule has 1 saturated heterocycles. The average Bonchev–Trinajstić information content (AvgIpc) is 2.32. The monoisotopic (exact) mass is 238 g/mol. The van der Waals surface area contributed by atoms with E-state index in [4.69, 9.17) is 11.6 Å². The lowest BCUT2D eigenvalue weighted by Gasteiger charge is -2.35. The lowest BCUT2D eigenvalue weighted by atomic mass is 9.96. The summed E-state index contributed by atoms with van der Waals surface area (Å²) in [6.45, 7) is 3.45. The molecule has 2 heterocycles. The van der Waals surface area contributed by atoms with Crippen LogP contribution in [0.3, 0.4) is 0 Å². The van der Waals surface area contributed by atoms with Crippen LogP contribution in [0.4, 0.5) is 17.6 Å². The van der Waals surface area contributed by atoms with Gasteiger partial charge >= 0.3 is 0 Å². The number of anilines is 3. The number of nitrogen functional groups attached to an aromatic ring is 2. The fraction of sp³-hybridized carbons (Fsp3) is 0.600. The highest BCUT2D eigenvalue weighted by Crippen LogP contribution is 2.23. The first kappa shape index (κ1) is 11.9. The maximum absolute atomic E-state index is 9.85. The summed E-state index contributed by atoms with van der Waals surface area (Å²) in [5, 5.41) is 9.85. The summed E-state index contributed by atoms with van der Waals surface area (Å²) in [4.78, 5) is 10.1. The molecular formula is C10H18N6O. The minimum absolute atomic E-state index is 0.170. The van der Waals surface area contributed by atoms with Gasteiger partial charge in [0, 0.05) is 19.2 Å². The van der Waals surface area contributed by atoms with Crippen molar-refractivity contribution in [3.05, 3.63) is 6.07 Å². The number of aliphatic hydroxyl groups is 1. The van der Waals surface area contributed by atoms with Gasteiger partial charge in [-0.15, -0.1) is 0 Å². The summed E-state index contributed by atoms with van der Waals surface area (Å²) >= 11 is 0. The maximum Gasteiger partial charge on any atom is 0.223 e. The molecule has 1 aliphatic heterocycles. The van der Waals surface area contributed by atoms with Crippen LogP contribution in [0.15, 0.2) is 6.07 Å². The molecule has 1 aromatic heterocycles. The molecule has 2 unspecified atom stereocenters. The Kier molecular flexibility index (Phi) is 3.30. The second-order valence-electron chi connectivity index (χ2n) is 4.39.